The summed E-state index contributed by atoms with van der Waals surface area (Å²) in [4.78, 5) is 48.4. The van der Waals surface area contributed by atoms with Crippen LogP contribution < -0.4 is 0 Å². The molecular weight excluding hydrogens is 320 g/mol. The molecule has 0 aromatic carbocycles. The summed E-state index contributed by atoms with van der Waals surface area (Å²) < 4.78 is 0. The quantitative estimate of drug-likeness (QED) is 0.652. The number of nitrogens with zero attached hydrogens (tertiary/aromatic N) is 2. The zero-order valence-corrected chi connectivity index (χ0v) is 12.6. The molecule has 2 saturated heterocycles. The smallest absolute Gasteiger partial charge is 0.327 e. The van der Waals surface area contributed by atoms with E-state index in [1.54, 1.807) is 0 Å². The van der Waals surface area contributed by atoms with Crippen LogP contribution in [0.5, 0.6) is 0 Å². The summed E-state index contributed by atoms with van der Waals surface area (Å²) in [5.41, 5.74) is 0. The fourth-order valence-corrected chi connectivity index (χ4v) is 4.46. The van der Waals surface area contributed by atoms with Crippen LogP contribution >= 0.6 is 23.5 Å². The minimum atomic E-state index is -1.10. The first-order chi connectivity index (χ1) is 9.91. The van der Waals surface area contributed by atoms with Crippen molar-refractivity contribution in [3.8, 4) is 0 Å². The van der Waals surface area contributed by atoms with E-state index in [9.17, 15) is 19.2 Å². The molecule has 0 aromatic rings. The van der Waals surface area contributed by atoms with Crippen LogP contribution in [0.2, 0.25) is 0 Å². The van der Waals surface area contributed by atoms with Crippen LogP contribution in [0.4, 0.5) is 0 Å². The van der Waals surface area contributed by atoms with Crippen molar-refractivity contribution in [2.45, 2.75) is 18.5 Å². The van der Waals surface area contributed by atoms with Gasteiger partial charge in [-0.2, -0.15) is 0 Å². The van der Waals surface area contributed by atoms with Crippen molar-refractivity contribution >= 4 is 47.3 Å². The molecule has 2 fully saturated rings. The van der Waals surface area contributed by atoms with Crippen molar-refractivity contribution in [1.82, 2.24) is 9.80 Å². The van der Waals surface area contributed by atoms with Crippen LogP contribution in [0.25, 0.3) is 0 Å². The van der Waals surface area contributed by atoms with Crippen molar-refractivity contribution in [1.29, 1.82) is 0 Å². The third kappa shape index (κ3) is 3.43. The highest BCUT2D eigenvalue weighted by Crippen LogP contribution is 2.24. The van der Waals surface area contributed by atoms with Crippen molar-refractivity contribution < 1.29 is 29.4 Å². The zero-order valence-electron chi connectivity index (χ0n) is 10.9. The third-order valence-corrected chi connectivity index (χ3v) is 5.30. The number of thioether (sulfide) groups is 2. The van der Waals surface area contributed by atoms with Crippen LogP contribution in [0.1, 0.15) is 6.42 Å². The molecule has 2 amide bonds. The molecule has 0 aliphatic carbocycles. The Kier molecular flexibility index (Phi) is 4.99. The van der Waals surface area contributed by atoms with Gasteiger partial charge in [-0.15, -0.1) is 23.5 Å². The number of carboxylic acid groups (broad SMARTS) is 2. The number of carboxylic acids is 2. The molecular formula is C11H14N2O6S2. The molecule has 2 atom stereocenters. The van der Waals surface area contributed by atoms with Crippen LogP contribution in [-0.2, 0) is 19.2 Å². The van der Waals surface area contributed by atoms with Crippen LogP contribution in [0.3, 0.4) is 0 Å². The fraction of sp³-hybridized carbons (Fsp3) is 0.636. The molecule has 116 valence electrons. The molecule has 0 radical (unpaired) electrons. The molecule has 0 unspecified atom stereocenters. The van der Waals surface area contributed by atoms with Crippen LogP contribution in [0.15, 0.2) is 0 Å². The average Bonchev–Trinajstić information content (AvgIpc) is 3.07. The highest BCUT2D eigenvalue weighted by Gasteiger charge is 2.38. The van der Waals surface area contributed by atoms with E-state index in [1.807, 2.05) is 0 Å². The van der Waals surface area contributed by atoms with E-state index in [0.717, 1.165) is 9.80 Å². The molecule has 2 aliphatic heterocycles. The average molecular weight is 334 g/mol. The Morgan fingerprint density at radius 1 is 0.857 bits per heavy atom. The van der Waals surface area contributed by atoms with Crippen molar-refractivity contribution in [3.05, 3.63) is 0 Å². The Bertz CT molecular complexity index is 443. The van der Waals surface area contributed by atoms with Gasteiger partial charge in [0.25, 0.3) is 0 Å². The van der Waals surface area contributed by atoms with Gasteiger partial charge in [-0.05, 0) is 0 Å². The van der Waals surface area contributed by atoms with Gasteiger partial charge in [-0.3, -0.25) is 9.59 Å². The summed E-state index contributed by atoms with van der Waals surface area (Å²) in [7, 11) is 0. The second-order valence-corrected chi connectivity index (χ2v) is 6.61. The number of carbonyl (C=O) groups excluding carboxylic acids is 2. The molecule has 0 aromatic heterocycles. The van der Waals surface area contributed by atoms with Gasteiger partial charge in [0.1, 0.15) is 18.5 Å². The Morgan fingerprint density at radius 3 is 1.57 bits per heavy atom. The molecule has 8 nitrogen and oxygen atoms in total. The second kappa shape index (κ2) is 6.56. The molecule has 10 heteroatoms. The number of rotatable bonds is 4. The highest BCUT2D eigenvalue weighted by atomic mass is 32.2. The Morgan fingerprint density at radius 2 is 1.24 bits per heavy atom. The molecule has 0 bridgehead atoms. The van der Waals surface area contributed by atoms with E-state index in [-0.39, 0.29) is 11.8 Å². The SMILES string of the molecule is O=C(O)[C@@H]1CSCN1C(=O)CC(=O)N1CSC[C@H]1C(=O)O. The first kappa shape index (κ1) is 16.0. The van der Waals surface area contributed by atoms with E-state index in [2.05, 4.69) is 0 Å². The second-order valence-electron chi connectivity index (χ2n) is 4.61. The Labute approximate surface area is 128 Å². The van der Waals surface area contributed by atoms with Gasteiger partial charge in [0, 0.05) is 11.5 Å². The molecule has 2 heterocycles. The minimum absolute atomic E-state index is 0.236. The van der Waals surface area contributed by atoms with Crippen molar-refractivity contribution in [2.75, 3.05) is 23.3 Å². The molecule has 21 heavy (non-hydrogen) atoms. The van der Waals surface area contributed by atoms with Gasteiger partial charge < -0.3 is 20.0 Å². The summed E-state index contributed by atoms with van der Waals surface area (Å²) in [6.45, 7) is 0. The maximum absolute atomic E-state index is 12.1. The molecule has 2 N–H and O–H groups in total. The lowest BCUT2D eigenvalue weighted by molar-refractivity contribution is -0.152. The summed E-state index contributed by atoms with van der Waals surface area (Å²) in [6.07, 6.45) is -0.491. The number of hydrogen-bond donors (Lipinski definition) is 2. The Balaban J connectivity index is 1.97. The summed E-state index contributed by atoms with van der Waals surface area (Å²) in [5, 5.41) is 18.0. The minimum Gasteiger partial charge on any atom is -0.480 e. The molecule has 2 aliphatic rings. The lowest BCUT2D eigenvalue weighted by Gasteiger charge is -2.23. The maximum Gasteiger partial charge on any atom is 0.327 e. The van der Waals surface area contributed by atoms with Crippen LogP contribution in [-0.4, -0.2) is 79.1 Å². The predicted octanol–water partition coefficient (Wildman–Crippen LogP) is -0.651. The summed E-state index contributed by atoms with van der Waals surface area (Å²) >= 11 is 2.63. The van der Waals surface area contributed by atoms with E-state index < -0.39 is 42.3 Å². The standard InChI is InChI=1S/C11H14N2O6S2/c14-8(12-4-20-2-6(12)10(16)17)1-9(15)13-5-21-3-7(13)11(18)19/h6-7H,1-5H2,(H,16,17)(H,18,19)/t6-,7-/m0/s1. The molecule has 2 rings (SSSR count). The van der Waals surface area contributed by atoms with E-state index >= 15 is 0 Å². The van der Waals surface area contributed by atoms with Crippen molar-refractivity contribution in [2.24, 2.45) is 0 Å². The monoisotopic (exact) mass is 334 g/mol. The van der Waals surface area contributed by atoms with Gasteiger partial charge >= 0.3 is 11.9 Å². The number of hydrogen-bond acceptors (Lipinski definition) is 6. The van der Waals surface area contributed by atoms with Crippen LogP contribution in [0, 0.1) is 0 Å². The van der Waals surface area contributed by atoms with E-state index in [4.69, 9.17) is 10.2 Å². The lowest BCUT2D eigenvalue weighted by Crippen LogP contribution is -2.46. The van der Waals surface area contributed by atoms with Crippen molar-refractivity contribution in [3.63, 3.8) is 0 Å². The fourth-order valence-electron chi connectivity index (χ4n) is 2.12. The molecule has 0 saturated carbocycles. The van der Waals surface area contributed by atoms with E-state index in [1.165, 1.54) is 23.5 Å². The van der Waals surface area contributed by atoms with Gasteiger partial charge in [-0.1, -0.05) is 0 Å². The lowest BCUT2D eigenvalue weighted by atomic mass is 10.2. The first-order valence-electron chi connectivity index (χ1n) is 6.12. The number of aliphatic carboxylic acids is 2. The maximum atomic E-state index is 12.1. The third-order valence-electron chi connectivity index (χ3n) is 3.28. The first-order valence-corrected chi connectivity index (χ1v) is 8.42. The zero-order chi connectivity index (χ0) is 15.6. The molecule has 0 spiro atoms. The Hall–Kier alpha value is -1.42. The topological polar surface area (TPSA) is 115 Å². The summed E-state index contributed by atoms with van der Waals surface area (Å²) in [5.74, 6) is -2.27. The van der Waals surface area contributed by atoms with Gasteiger partial charge in [-0.25, -0.2) is 9.59 Å². The number of carbonyl (C=O) groups is 4. The van der Waals surface area contributed by atoms with Gasteiger partial charge in [0.2, 0.25) is 11.8 Å². The largest absolute Gasteiger partial charge is 0.480 e. The van der Waals surface area contributed by atoms with Gasteiger partial charge in [0.15, 0.2) is 0 Å². The van der Waals surface area contributed by atoms with Gasteiger partial charge in [0.05, 0.1) is 11.8 Å². The highest BCUT2D eigenvalue weighted by molar-refractivity contribution is 7.99. The normalized spacial score (nSPS) is 25.1. The van der Waals surface area contributed by atoms with E-state index in [0.29, 0.717) is 11.5 Å². The number of amides is 2. The summed E-state index contributed by atoms with van der Waals surface area (Å²) in [6, 6.07) is -1.84. The predicted molar refractivity (Wildman–Crippen MR) is 75.8 cm³/mol.